The minimum atomic E-state index is -0.676. The highest BCUT2D eigenvalue weighted by Gasteiger charge is 2.14. The number of hydrogen-bond acceptors (Lipinski definition) is 4. The van der Waals surface area contributed by atoms with Crippen molar-refractivity contribution in [2.45, 2.75) is 45.6 Å². The Morgan fingerprint density at radius 3 is 2.40 bits per heavy atom. The molecule has 1 aromatic rings. The Bertz CT molecular complexity index is 562. The lowest BCUT2D eigenvalue weighted by atomic mass is 9.86. The monoisotopic (exact) mass is 349 g/mol. The van der Waals surface area contributed by atoms with Crippen LogP contribution in [0.25, 0.3) is 0 Å². The molecule has 140 valence electrons. The molecular weight excluding hydrogens is 318 g/mol. The summed E-state index contributed by atoms with van der Waals surface area (Å²) in [6.45, 7) is 9.79. The third-order valence-electron chi connectivity index (χ3n) is 3.78. The van der Waals surface area contributed by atoms with Gasteiger partial charge in [-0.2, -0.15) is 0 Å². The number of rotatable bonds is 7. The smallest absolute Gasteiger partial charge is 0.307 e. The minimum Gasteiger partial charge on any atom is -0.469 e. The summed E-state index contributed by atoms with van der Waals surface area (Å²) >= 11 is 0. The third kappa shape index (κ3) is 7.56. The highest BCUT2D eigenvalue weighted by atomic mass is 16.5. The number of guanidine groups is 1. The molecule has 6 heteroatoms. The van der Waals surface area contributed by atoms with Crippen LogP contribution in [-0.2, 0) is 14.9 Å². The lowest BCUT2D eigenvalue weighted by Gasteiger charge is -2.20. The largest absolute Gasteiger partial charge is 0.469 e. The molecule has 25 heavy (non-hydrogen) atoms. The van der Waals surface area contributed by atoms with E-state index in [9.17, 15) is 9.90 Å². The highest BCUT2D eigenvalue weighted by molar-refractivity contribution is 5.80. The van der Waals surface area contributed by atoms with E-state index < -0.39 is 6.10 Å². The van der Waals surface area contributed by atoms with Crippen molar-refractivity contribution in [1.82, 2.24) is 10.6 Å². The number of hydrogen-bond donors (Lipinski definition) is 3. The van der Waals surface area contributed by atoms with Crippen LogP contribution >= 0.6 is 0 Å². The third-order valence-corrected chi connectivity index (χ3v) is 3.78. The van der Waals surface area contributed by atoms with Gasteiger partial charge < -0.3 is 20.5 Å². The lowest BCUT2D eigenvalue weighted by molar-refractivity contribution is -0.140. The van der Waals surface area contributed by atoms with Crippen LogP contribution in [-0.4, -0.2) is 43.8 Å². The van der Waals surface area contributed by atoms with Crippen LogP contribution in [0.3, 0.4) is 0 Å². The fourth-order valence-corrected chi connectivity index (χ4v) is 2.22. The average molecular weight is 349 g/mol. The maximum absolute atomic E-state index is 11.1. The second kappa shape index (κ2) is 10.0. The summed E-state index contributed by atoms with van der Waals surface area (Å²) in [6.07, 6.45) is -0.414. The number of ether oxygens (including phenoxy) is 1. The van der Waals surface area contributed by atoms with E-state index >= 15 is 0 Å². The SMILES string of the molecule is CCNC(=NCC(O)c1ccc(C(C)(C)C)cc1)NCCC(=O)OC. The Labute approximate surface area is 150 Å². The van der Waals surface area contributed by atoms with Crippen molar-refractivity contribution in [1.29, 1.82) is 0 Å². The molecule has 0 spiro atoms. The second-order valence-electron chi connectivity index (χ2n) is 6.86. The molecule has 0 amide bonds. The Balaban J connectivity index is 2.63. The molecule has 1 unspecified atom stereocenters. The molecule has 0 saturated heterocycles. The van der Waals surface area contributed by atoms with E-state index in [1.807, 2.05) is 31.2 Å². The van der Waals surface area contributed by atoms with E-state index in [4.69, 9.17) is 0 Å². The van der Waals surface area contributed by atoms with E-state index in [2.05, 4.69) is 41.1 Å². The number of aliphatic hydroxyl groups is 1. The van der Waals surface area contributed by atoms with Crippen molar-refractivity contribution in [3.63, 3.8) is 0 Å². The van der Waals surface area contributed by atoms with Gasteiger partial charge in [-0.1, -0.05) is 45.0 Å². The van der Waals surface area contributed by atoms with Crippen LogP contribution in [0.4, 0.5) is 0 Å². The number of esters is 1. The molecule has 0 bridgehead atoms. The molecular formula is C19H31N3O3. The van der Waals surface area contributed by atoms with Gasteiger partial charge in [-0.25, -0.2) is 0 Å². The molecule has 3 N–H and O–H groups in total. The maximum atomic E-state index is 11.1. The summed E-state index contributed by atoms with van der Waals surface area (Å²) in [4.78, 5) is 15.5. The number of aliphatic imine (C=N–C) groups is 1. The first-order valence-electron chi connectivity index (χ1n) is 8.65. The molecule has 1 rings (SSSR count). The van der Waals surface area contributed by atoms with Crippen LogP contribution in [0.5, 0.6) is 0 Å². The first kappa shape index (κ1) is 21.0. The minimum absolute atomic E-state index is 0.0867. The molecule has 0 saturated carbocycles. The zero-order chi connectivity index (χ0) is 18.9. The standard InChI is InChI=1S/C19H31N3O3/c1-6-20-18(21-12-11-17(24)25-5)22-13-16(23)14-7-9-15(10-8-14)19(2,3)4/h7-10,16,23H,6,11-13H2,1-5H3,(H2,20,21,22). The van der Waals surface area contributed by atoms with Crippen molar-refractivity contribution < 1.29 is 14.6 Å². The number of benzene rings is 1. The van der Waals surface area contributed by atoms with Crippen LogP contribution in [0.2, 0.25) is 0 Å². The van der Waals surface area contributed by atoms with Gasteiger partial charge in [0.15, 0.2) is 5.96 Å². The predicted molar refractivity (Wildman–Crippen MR) is 101 cm³/mol. The van der Waals surface area contributed by atoms with Crippen molar-refractivity contribution in [2.24, 2.45) is 4.99 Å². The molecule has 0 heterocycles. The van der Waals surface area contributed by atoms with Gasteiger partial charge in [-0.05, 0) is 23.5 Å². The molecule has 0 aliphatic carbocycles. The van der Waals surface area contributed by atoms with Gasteiger partial charge in [0.25, 0.3) is 0 Å². The van der Waals surface area contributed by atoms with Crippen LogP contribution in [0, 0.1) is 0 Å². The molecule has 0 radical (unpaired) electrons. The summed E-state index contributed by atoms with van der Waals surface area (Å²) in [5.74, 6) is 0.291. The zero-order valence-corrected chi connectivity index (χ0v) is 15.9. The number of nitrogens with zero attached hydrogens (tertiary/aromatic N) is 1. The first-order valence-corrected chi connectivity index (χ1v) is 8.65. The topological polar surface area (TPSA) is 83.0 Å². The van der Waals surface area contributed by atoms with Crippen molar-refractivity contribution in [3.05, 3.63) is 35.4 Å². The summed E-state index contributed by atoms with van der Waals surface area (Å²) in [5.41, 5.74) is 2.15. The van der Waals surface area contributed by atoms with Crippen LogP contribution in [0.1, 0.15) is 51.3 Å². The van der Waals surface area contributed by atoms with Gasteiger partial charge in [0, 0.05) is 13.1 Å². The Hall–Kier alpha value is -2.08. The van der Waals surface area contributed by atoms with Gasteiger partial charge in [0.2, 0.25) is 0 Å². The molecule has 0 aromatic heterocycles. The molecule has 0 fully saturated rings. The maximum Gasteiger partial charge on any atom is 0.307 e. The van der Waals surface area contributed by atoms with Crippen molar-refractivity contribution in [2.75, 3.05) is 26.7 Å². The summed E-state index contributed by atoms with van der Waals surface area (Å²) < 4.78 is 4.60. The summed E-state index contributed by atoms with van der Waals surface area (Å²) in [6, 6.07) is 7.97. The average Bonchev–Trinajstić information content (AvgIpc) is 2.58. The normalized spacial score (nSPS) is 13.3. The number of aliphatic hydroxyl groups excluding tert-OH is 1. The molecule has 6 nitrogen and oxygen atoms in total. The quantitative estimate of drug-likeness (QED) is 0.399. The van der Waals surface area contributed by atoms with E-state index in [1.54, 1.807) is 0 Å². The first-order chi connectivity index (χ1) is 11.8. The fourth-order valence-electron chi connectivity index (χ4n) is 2.22. The van der Waals surface area contributed by atoms with Gasteiger partial charge in [-0.3, -0.25) is 9.79 Å². The number of carbonyl (C=O) groups is 1. The van der Waals surface area contributed by atoms with Gasteiger partial charge in [0.1, 0.15) is 0 Å². The molecule has 1 aromatic carbocycles. The van der Waals surface area contributed by atoms with E-state index in [0.717, 1.165) is 5.56 Å². The Morgan fingerprint density at radius 2 is 1.88 bits per heavy atom. The number of carbonyl (C=O) groups excluding carboxylic acids is 1. The molecule has 0 aliphatic heterocycles. The van der Waals surface area contributed by atoms with Crippen LogP contribution < -0.4 is 10.6 Å². The highest BCUT2D eigenvalue weighted by Crippen LogP contribution is 2.24. The van der Waals surface area contributed by atoms with E-state index in [1.165, 1.54) is 12.7 Å². The molecule has 0 aliphatic rings. The predicted octanol–water partition coefficient (Wildman–Crippen LogP) is 2.14. The van der Waals surface area contributed by atoms with Crippen LogP contribution in [0.15, 0.2) is 29.3 Å². The molecule has 1 atom stereocenters. The zero-order valence-electron chi connectivity index (χ0n) is 15.9. The lowest BCUT2D eigenvalue weighted by Crippen LogP contribution is -2.38. The summed E-state index contributed by atoms with van der Waals surface area (Å²) in [7, 11) is 1.36. The van der Waals surface area contributed by atoms with Gasteiger partial charge in [-0.15, -0.1) is 0 Å². The van der Waals surface area contributed by atoms with E-state index in [-0.39, 0.29) is 24.3 Å². The summed E-state index contributed by atoms with van der Waals surface area (Å²) in [5, 5.41) is 16.5. The Kier molecular flexibility index (Phi) is 8.41. The fraction of sp³-hybridized carbons (Fsp3) is 0.579. The second-order valence-corrected chi connectivity index (χ2v) is 6.86. The number of nitrogens with one attached hydrogen (secondary N) is 2. The van der Waals surface area contributed by atoms with Crippen molar-refractivity contribution >= 4 is 11.9 Å². The van der Waals surface area contributed by atoms with Gasteiger partial charge >= 0.3 is 5.97 Å². The van der Waals surface area contributed by atoms with E-state index in [0.29, 0.717) is 19.0 Å². The number of methoxy groups -OCH3 is 1. The van der Waals surface area contributed by atoms with Gasteiger partial charge in [0.05, 0.1) is 26.2 Å². The Morgan fingerprint density at radius 1 is 1.24 bits per heavy atom. The van der Waals surface area contributed by atoms with Crippen molar-refractivity contribution in [3.8, 4) is 0 Å².